The maximum absolute atomic E-state index is 14.3. The van der Waals surface area contributed by atoms with Gasteiger partial charge in [-0.05, 0) is 50.0 Å². The van der Waals surface area contributed by atoms with Gasteiger partial charge in [0.15, 0.2) is 17.3 Å². The molecule has 1 aromatic carbocycles. The largest absolute Gasteiger partial charge is 0.504 e. The normalized spacial score (nSPS) is 17.0. The van der Waals surface area contributed by atoms with E-state index >= 15 is 0 Å². The second-order valence-corrected chi connectivity index (χ2v) is 13.2. The highest BCUT2D eigenvalue weighted by atomic mass is 35.5. The van der Waals surface area contributed by atoms with Crippen LogP contribution in [0.25, 0.3) is 11.4 Å². The number of piperidine rings is 1. The van der Waals surface area contributed by atoms with Gasteiger partial charge < -0.3 is 29.5 Å². The van der Waals surface area contributed by atoms with Gasteiger partial charge in [-0.15, -0.1) is 5.10 Å². The smallest absolute Gasteiger partial charge is 0.416 e. The van der Waals surface area contributed by atoms with Crippen molar-refractivity contribution in [3.05, 3.63) is 80.0 Å². The summed E-state index contributed by atoms with van der Waals surface area (Å²) in [6.07, 6.45) is -0.829. The Balaban J connectivity index is 1.24. The Bertz CT molecular complexity index is 2240. The van der Waals surface area contributed by atoms with Gasteiger partial charge in [0.2, 0.25) is 17.6 Å². The molecule has 3 aliphatic rings. The van der Waals surface area contributed by atoms with E-state index in [1.54, 1.807) is 17.9 Å². The number of rotatable bonds is 5. The molecule has 0 atom stereocenters. The number of aromatic nitrogens is 6. The summed E-state index contributed by atoms with van der Waals surface area (Å²) in [7, 11) is 0. The molecule has 0 bridgehead atoms. The molecule has 52 heavy (non-hydrogen) atoms. The number of alkyl halides is 3. The summed E-state index contributed by atoms with van der Waals surface area (Å²) < 4.78 is 48.5. The predicted molar refractivity (Wildman–Crippen MR) is 177 cm³/mol. The summed E-state index contributed by atoms with van der Waals surface area (Å²) in [5, 5.41) is 17.2. The van der Waals surface area contributed by atoms with Gasteiger partial charge in [-0.2, -0.15) is 22.7 Å². The molecule has 1 saturated heterocycles. The number of likely N-dealkylation sites (tertiary alicyclic amines) is 1. The molecule has 1 spiro atoms. The lowest BCUT2D eigenvalue weighted by Gasteiger charge is -2.38. The van der Waals surface area contributed by atoms with Crippen LogP contribution in [-0.2, 0) is 39.3 Å². The lowest BCUT2D eigenvalue weighted by molar-refractivity contribution is -0.137. The molecular formula is C33H31ClF3N9O6. The second-order valence-electron chi connectivity index (χ2n) is 12.8. The van der Waals surface area contributed by atoms with Gasteiger partial charge in [-0.1, -0.05) is 17.7 Å². The molecule has 15 nitrogen and oxygen atoms in total. The van der Waals surface area contributed by atoms with E-state index < -0.39 is 41.3 Å². The van der Waals surface area contributed by atoms with E-state index in [1.165, 1.54) is 22.7 Å². The fraction of sp³-hybridized carbons (Fsp3) is 0.394. The molecule has 4 aromatic rings. The van der Waals surface area contributed by atoms with E-state index in [9.17, 15) is 37.5 Å². The number of hydrogen-bond acceptors (Lipinski definition) is 10. The molecule has 3 amide bonds. The Morgan fingerprint density at radius 2 is 1.87 bits per heavy atom. The molecule has 0 saturated carbocycles. The third kappa shape index (κ3) is 6.14. The molecular weight excluding hydrogens is 711 g/mol. The number of aromatic hydroxyl groups is 1. The van der Waals surface area contributed by atoms with Crippen molar-refractivity contribution in [2.24, 2.45) is 0 Å². The number of nitrogens with one attached hydrogen (secondary N) is 1. The van der Waals surface area contributed by atoms with Crippen LogP contribution in [0.3, 0.4) is 0 Å². The summed E-state index contributed by atoms with van der Waals surface area (Å²) in [6, 6.07) is 2.57. The van der Waals surface area contributed by atoms with Gasteiger partial charge in [0, 0.05) is 33.1 Å². The van der Waals surface area contributed by atoms with Crippen molar-refractivity contribution in [3.8, 4) is 5.75 Å². The second kappa shape index (κ2) is 13.0. The zero-order chi connectivity index (χ0) is 37.1. The van der Waals surface area contributed by atoms with Crippen LogP contribution in [0.2, 0.25) is 5.02 Å². The lowest BCUT2D eigenvalue weighted by Crippen LogP contribution is -2.47. The van der Waals surface area contributed by atoms with Crippen molar-refractivity contribution in [3.63, 3.8) is 0 Å². The Labute approximate surface area is 297 Å². The highest BCUT2D eigenvalue weighted by molar-refractivity contribution is 6.33. The predicted octanol–water partition coefficient (Wildman–Crippen LogP) is 3.30. The topological polar surface area (TPSA) is 177 Å². The van der Waals surface area contributed by atoms with E-state index in [-0.39, 0.29) is 83.5 Å². The Hall–Kier alpha value is -5.36. The Morgan fingerprint density at radius 1 is 1.12 bits per heavy atom. The number of halogens is 4. The van der Waals surface area contributed by atoms with Gasteiger partial charge in [0.25, 0.3) is 11.5 Å². The van der Waals surface area contributed by atoms with Crippen LogP contribution >= 0.6 is 11.6 Å². The number of benzene rings is 1. The molecule has 0 unspecified atom stereocenters. The first-order valence-electron chi connectivity index (χ1n) is 16.2. The number of carbonyl (C=O) groups is 3. The summed E-state index contributed by atoms with van der Waals surface area (Å²) >= 11 is 6.11. The summed E-state index contributed by atoms with van der Waals surface area (Å²) in [4.78, 5) is 68.6. The zero-order valence-corrected chi connectivity index (χ0v) is 28.6. The van der Waals surface area contributed by atoms with Crippen LogP contribution in [0.4, 0.5) is 18.9 Å². The number of ether oxygens (including phenoxy) is 1. The maximum Gasteiger partial charge on any atom is 0.416 e. The molecule has 272 valence electrons. The SMILES string of the molecule is CC(=O)N1CC=C(c2nc3n(CC(=O)Nc4ccc(C(F)(F)F)cc4Cl)c4c(c(=O)n3n2)C2(CCN(C(=O)c3ncnc(C)c3O)CC2)OC4)CC1. The monoisotopic (exact) mass is 741 g/mol. The van der Waals surface area contributed by atoms with Crippen molar-refractivity contribution in [1.29, 1.82) is 0 Å². The van der Waals surface area contributed by atoms with E-state index in [0.29, 0.717) is 36.8 Å². The Morgan fingerprint density at radius 3 is 2.52 bits per heavy atom. The first kappa shape index (κ1) is 35.1. The van der Waals surface area contributed by atoms with Gasteiger partial charge in [-0.25, -0.2) is 9.97 Å². The number of nitrogens with zero attached hydrogens (tertiary/aromatic N) is 8. The molecule has 19 heteroatoms. The molecule has 3 aromatic heterocycles. The average Bonchev–Trinajstić information content (AvgIpc) is 3.72. The summed E-state index contributed by atoms with van der Waals surface area (Å²) in [5.41, 5.74) is -1.29. The fourth-order valence-electron chi connectivity index (χ4n) is 6.81. The van der Waals surface area contributed by atoms with Gasteiger partial charge in [-0.3, -0.25) is 19.2 Å². The fourth-order valence-corrected chi connectivity index (χ4v) is 7.04. The van der Waals surface area contributed by atoms with Crippen molar-refractivity contribution in [1.82, 2.24) is 38.9 Å². The first-order chi connectivity index (χ1) is 24.7. The Kier molecular flexibility index (Phi) is 8.77. The quantitative estimate of drug-likeness (QED) is 0.309. The summed E-state index contributed by atoms with van der Waals surface area (Å²) in [5.74, 6) is -1.32. The van der Waals surface area contributed by atoms with Crippen LogP contribution in [0, 0.1) is 6.92 Å². The number of fused-ring (bicyclic) bond motifs is 3. The van der Waals surface area contributed by atoms with Crippen LogP contribution < -0.4 is 10.9 Å². The van der Waals surface area contributed by atoms with E-state index in [4.69, 9.17) is 16.3 Å². The molecule has 2 N–H and O–H groups in total. The average molecular weight is 742 g/mol. The number of amides is 3. The highest BCUT2D eigenvalue weighted by Crippen LogP contribution is 2.43. The van der Waals surface area contributed by atoms with E-state index in [2.05, 4.69) is 25.4 Å². The van der Waals surface area contributed by atoms with Crippen LogP contribution in [-0.4, -0.2) is 87.9 Å². The first-order valence-corrected chi connectivity index (χ1v) is 16.6. The van der Waals surface area contributed by atoms with Crippen molar-refractivity contribution >= 4 is 46.4 Å². The molecule has 0 radical (unpaired) electrons. The number of aryl methyl sites for hydroxylation is 1. The molecule has 0 aliphatic carbocycles. The van der Waals surface area contributed by atoms with Gasteiger partial charge in [0.05, 0.1) is 39.8 Å². The third-order valence-corrected chi connectivity index (χ3v) is 9.99. The minimum absolute atomic E-state index is 0.0326. The van der Waals surface area contributed by atoms with E-state index in [0.717, 1.165) is 16.6 Å². The van der Waals surface area contributed by atoms with Gasteiger partial charge in [0.1, 0.15) is 18.5 Å². The summed E-state index contributed by atoms with van der Waals surface area (Å²) in [6.45, 7) is 3.54. The molecule has 1 fully saturated rings. The van der Waals surface area contributed by atoms with E-state index in [1.807, 2.05) is 0 Å². The lowest BCUT2D eigenvalue weighted by atomic mass is 9.85. The standard InChI is InChI=1S/C33H31ClF3N9O6/c1-17-27(49)26(39-16-38-17)30(51)44-11-7-32(8-12-44)25-23(15-52-32)45(14-24(48)40-22-4-3-20(13-21(22)34)33(35,36)37)31-41-28(42-46(31)29(25)50)19-5-9-43(10-6-19)18(2)47/h3-5,13,16,49H,6-12,14-15H2,1-2H3,(H,40,48). The van der Waals surface area contributed by atoms with Crippen molar-refractivity contribution in [2.45, 2.75) is 58.0 Å². The third-order valence-electron chi connectivity index (χ3n) is 9.67. The number of carbonyl (C=O) groups excluding carboxylic acids is 3. The molecule has 3 aliphatic heterocycles. The van der Waals surface area contributed by atoms with Crippen molar-refractivity contribution < 1.29 is 37.4 Å². The highest BCUT2D eigenvalue weighted by Gasteiger charge is 2.48. The number of anilines is 1. The van der Waals surface area contributed by atoms with Crippen LogP contribution in [0.5, 0.6) is 5.75 Å². The molecule has 6 heterocycles. The van der Waals surface area contributed by atoms with Crippen molar-refractivity contribution in [2.75, 3.05) is 31.5 Å². The minimum Gasteiger partial charge on any atom is -0.504 e. The number of hydrogen-bond donors (Lipinski definition) is 2. The minimum atomic E-state index is -4.63. The maximum atomic E-state index is 14.3. The zero-order valence-electron chi connectivity index (χ0n) is 27.8. The van der Waals surface area contributed by atoms with Crippen LogP contribution in [0.1, 0.15) is 65.0 Å². The van der Waals surface area contributed by atoms with Crippen LogP contribution in [0.15, 0.2) is 35.4 Å². The molecule has 7 rings (SSSR count). The van der Waals surface area contributed by atoms with Gasteiger partial charge >= 0.3 is 6.18 Å².